The van der Waals surface area contributed by atoms with Gasteiger partial charge < -0.3 is 9.32 Å². The molecule has 4 rings (SSSR count). The predicted molar refractivity (Wildman–Crippen MR) is 101 cm³/mol. The van der Waals surface area contributed by atoms with Crippen LogP contribution >= 0.6 is 0 Å². The van der Waals surface area contributed by atoms with Gasteiger partial charge in [-0.3, -0.25) is 4.79 Å². The molecule has 1 saturated heterocycles. The minimum Gasteiger partial charge on any atom is -0.443 e. The Morgan fingerprint density at radius 1 is 1.15 bits per heavy atom. The smallest absolute Gasteiger partial charge is 0.223 e. The van der Waals surface area contributed by atoms with Crippen LogP contribution in [-0.4, -0.2) is 22.3 Å². The number of aromatic nitrogens is 1. The molecule has 0 radical (unpaired) electrons. The molecule has 1 atom stereocenters. The molecule has 5 heteroatoms. The van der Waals surface area contributed by atoms with Crippen LogP contribution in [0.4, 0.5) is 4.39 Å². The van der Waals surface area contributed by atoms with Gasteiger partial charge in [0.05, 0.1) is 6.20 Å². The fourth-order valence-electron chi connectivity index (χ4n) is 4.45. The number of nitrogens with zero attached hydrogens (tertiary/aromatic N) is 2. The molecule has 0 spiro atoms. The summed E-state index contributed by atoms with van der Waals surface area (Å²) in [4.78, 5) is 19.3. The van der Waals surface area contributed by atoms with Crippen molar-refractivity contribution >= 4 is 5.91 Å². The van der Waals surface area contributed by atoms with Crippen LogP contribution in [0.5, 0.6) is 0 Å². The summed E-state index contributed by atoms with van der Waals surface area (Å²) < 4.78 is 19.8. The number of benzene rings is 1. The van der Waals surface area contributed by atoms with E-state index in [4.69, 9.17) is 4.42 Å². The second-order valence-electron chi connectivity index (χ2n) is 7.89. The van der Waals surface area contributed by atoms with Crippen molar-refractivity contribution in [2.45, 2.75) is 63.8 Å². The maximum Gasteiger partial charge on any atom is 0.223 e. The van der Waals surface area contributed by atoms with Crippen LogP contribution < -0.4 is 0 Å². The number of amides is 1. The number of piperidine rings is 1. The molecule has 1 aromatic carbocycles. The molecule has 4 nitrogen and oxygen atoms in total. The van der Waals surface area contributed by atoms with E-state index in [0.717, 1.165) is 25.8 Å². The summed E-state index contributed by atoms with van der Waals surface area (Å²) in [5.74, 6) is 1.79. The molecule has 144 valence electrons. The summed E-state index contributed by atoms with van der Waals surface area (Å²) in [7, 11) is 0. The van der Waals surface area contributed by atoms with Gasteiger partial charge in [-0.15, -0.1) is 0 Å². The molecule has 0 bridgehead atoms. The lowest BCUT2D eigenvalue weighted by molar-refractivity contribution is -0.136. The van der Waals surface area contributed by atoms with Crippen molar-refractivity contribution in [2.24, 2.45) is 5.92 Å². The Bertz CT molecular complexity index is 782. The molecule has 0 unspecified atom stereocenters. The third kappa shape index (κ3) is 4.23. The predicted octanol–water partition coefficient (Wildman–Crippen LogP) is 5.04. The number of carbonyl (C=O) groups is 1. The van der Waals surface area contributed by atoms with E-state index in [1.54, 1.807) is 18.3 Å². The molecule has 1 saturated carbocycles. The maximum atomic E-state index is 13.9. The standard InChI is InChI=1S/C22H27FN2O2/c23-19-10-4-3-9-17(19)14-18-15-24-22(27-18)20-11-5-6-12-25(20)21(26)13-16-7-1-2-8-16/h3-4,9-10,15-16,20H,1-2,5-8,11-14H2/t20-/m1/s1. The van der Waals surface area contributed by atoms with Crippen LogP contribution in [0.25, 0.3) is 0 Å². The number of halogens is 1. The van der Waals surface area contributed by atoms with Crippen LogP contribution in [0.1, 0.15) is 74.6 Å². The topological polar surface area (TPSA) is 46.3 Å². The summed E-state index contributed by atoms with van der Waals surface area (Å²) in [6, 6.07) is 6.63. The SMILES string of the molecule is O=C(CC1CCCC1)N1CCCC[C@@H]1c1ncc(Cc2ccccc2F)o1. The average molecular weight is 370 g/mol. The van der Waals surface area contributed by atoms with Gasteiger partial charge in [0.2, 0.25) is 11.8 Å². The Kier molecular flexibility index (Phi) is 5.55. The minimum atomic E-state index is -0.235. The van der Waals surface area contributed by atoms with E-state index in [1.807, 2.05) is 11.0 Å². The Labute approximate surface area is 159 Å². The normalized spacial score (nSPS) is 20.9. The first-order valence-electron chi connectivity index (χ1n) is 10.2. The molecule has 1 aromatic heterocycles. The van der Waals surface area contributed by atoms with Gasteiger partial charge in [0.15, 0.2) is 0 Å². The van der Waals surface area contributed by atoms with Crippen molar-refractivity contribution in [1.82, 2.24) is 9.88 Å². The van der Waals surface area contributed by atoms with E-state index in [-0.39, 0.29) is 17.8 Å². The van der Waals surface area contributed by atoms with E-state index in [9.17, 15) is 9.18 Å². The van der Waals surface area contributed by atoms with E-state index in [0.29, 0.717) is 36.0 Å². The summed E-state index contributed by atoms with van der Waals surface area (Å²) in [6.45, 7) is 0.779. The fraction of sp³-hybridized carbons (Fsp3) is 0.545. The Morgan fingerprint density at radius 3 is 2.74 bits per heavy atom. The number of rotatable bonds is 5. The van der Waals surface area contributed by atoms with Crippen molar-refractivity contribution < 1.29 is 13.6 Å². The minimum absolute atomic E-state index is 0.0815. The van der Waals surface area contributed by atoms with Crippen molar-refractivity contribution in [3.63, 3.8) is 0 Å². The lowest BCUT2D eigenvalue weighted by atomic mass is 9.98. The van der Waals surface area contributed by atoms with Crippen LogP contribution in [0.2, 0.25) is 0 Å². The lowest BCUT2D eigenvalue weighted by Gasteiger charge is -2.34. The van der Waals surface area contributed by atoms with Crippen molar-refractivity contribution in [1.29, 1.82) is 0 Å². The van der Waals surface area contributed by atoms with Gasteiger partial charge >= 0.3 is 0 Å². The Hall–Kier alpha value is -2.17. The largest absolute Gasteiger partial charge is 0.443 e. The number of oxazole rings is 1. The highest BCUT2D eigenvalue weighted by Gasteiger charge is 2.32. The molecule has 2 fully saturated rings. The molecule has 2 aliphatic rings. The number of hydrogen-bond donors (Lipinski definition) is 0. The highest BCUT2D eigenvalue weighted by Crippen LogP contribution is 2.34. The first kappa shape index (κ1) is 18.2. The molecule has 1 amide bonds. The van der Waals surface area contributed by atoms with Gasteiger partial charge in [-0.2, -0.15) is 0 Å². The molecule has 27 heavy (non-hydrogen) atoms. The van der Waals surface area contributed by atoms with E-state index >= 15 is 0 Å². The zero-order valence-electron chi connectivity index (χ0n) is 15.7. The highest BCUT2D eigenvalue weighted by atomic mass is 19.1. The monoisotopic (exact) mass is 370 g/mol. The van der Waals surface area contributed by atoms with Gasteiger partial charge in [-0.05, 0) is 49.7 Å². The van der Waals surface area contributed by atoms with E-state index < -0.39 is 0 Å². The lowest BCUT2D eigenvalue weighted by Crippen LogP contribution is -2.39. The third-order valence-corrected chi connectivity index (χ3v) is 5.94. The molecule has 1 aliphatic heterocycles. The van der Waals surface area contributed by atoms with Crippen molar-refractivity contribution in [2.75, 3.05) is 6.54 Å². The maximum absolute atomic E-state index is 13.9. The summed E-state index contributed by atoms with van der Waals surface area (Å²) in [5.41, 5.74) is 0.595. The molecule has 1 aliphatic carbocycles. The second kappa shape index (κ2) is 8.24. The van der Waals surface area contributed by atoms with Gasteiger partial charge in [0.1, 0.15) is 17.6 Å². The quantitative estimate of drug-likeness (QED) is 0.741. The second-order valence-corrected chi connectivity index (χ2v) is 7.89. The Balaban J connectivity index is 1.46. The van der Waals surface area contributed by atoms with Crippen molar-refractivity contribution in [3.8, 4) is 0 Å². The highest BCUT2D eigenvalue weighted by molar-refractivity contribution is 5.77. The number of hydrogen-bond acceptors (Lipinski definition) is 3. The van der Waals surface area contributed by atoms with Crippen LogP contribution in [0, 0.1) is 11.7 Å². The first-order valence-corrected chi connectivity index (χ1v) is 10.2. The molecule has 0 N–H and O–H groups in total. The molecular formula is C22H27FN2O2. The van der Waals surface area contributed by atoms with Crippen LogP contribution in [0.3, 0.4) is 0 Å². The van der Waals surface area contributed by atoms with Gasteiger partial charge in [-0.25, -0.2) is 9.37 Å². The van der Waals surface area contributed by atoms with Gasteiger partial charge in [0.25, 0.3) is 0 Å². The summed E-state index contributed by atoms with van der Waals surface area (Å²) >= 11 is 0. The first-order chi connectivity index (χ1) is 13.2. The van der Waals surface area contributed by atoms with E-state index in [2.05, 4.69) is 4.98 Å². The van der Waals surface area contributed by atoms with Crippen molar-refractivity contribution in [3.05, 3.63) is 53.5 Å². The zero-order valence-corrected chi connectivity index (χ0v) is 15.7. The van der Waals surface area contributed by atoms with E-state index in [1.165, 1.54) is 31.7 Å². The van der Waals surface area contributed by atoms with Crippen LogP contribution in [0.15, 0.2) is 34.9 Å². The fourth-order valence-corrected chi connectivity index (χ4v) is 4.45. The summed E-state index contributed by atoms with van der Waals surface area (Å²) in [6.07, 6.45) is 10.6. The number of carbonyl (C=O) groups excluding carboxylic acids is 1. The zero-order chi connectivity index (χ0) is 18.6. The van der Waals surface area contributed by atoms with Crippen LogP contribution in [-0.2, 0) is 11.2 Å². The average Bonchev–Trinajstić information content (AvgIpc) is 3.36. The van der Waals surface area contributed by atoms with Gasteiger partial charge in [-0.1, -0.05) is 31.0 Å². The summed E-state index contributed by atoms with van der Waals surface area (Å²) in [5, 5.41) is 0. The number of likely N-dealkylation sites (tertiary alicyclic amines) is 1. The molecule has 2 aromatic rings. The third-order valence-electron chi connectivity index (χ3n) is 5.94. The Morgan fingerprint density at radius 2 is 1.93 bits per heavy atom. The molecular weight excluding hydrogens is 343 g/mol. The molecule has 2 heterocycles. The van der Waals surface area contributed by atoms with Gasteiger partial charge in [0, 0.05) is 19.4 Å².